The maximum absolute atomic E-state index is 13.3. The van der Waals surface area contributed by atoms with Gasteiger partial charge in [0.25, 0.3) is 0 Å². The lowest BCUT2D eigenvalue weighted by Crippen LogP contribution is -2.41. The second-order valence-electron chi connectivity index (χ2n) is 9.25. The van der Waals surface area contributed by atoms with Crippen molar-refractivity contribution in [3.8, 4) is 34.2 Å². The van der Waals surface area contributed by atoms with Gasteiger partial charge in [0.15, 0.2) is 0 Å². The molecule has 1 aromatic heterocycles. The normalized spacial score (nSPS) is 10.5. The van der Waals surface area contributed by atoms with Crippen molar-refractivity contribution in [2.75, 3.05) is 45.1 Å². The Morgan fingerprint density at radius 3 is 2.10 bits per heavy atom. The molecule has 0 spiro atoms. The zero-order valence-electron chi connectivity index (χ0n) is 23.7. The fourth-order valence-electron chi connectivity index (χ4n) is 4.18. The third-order valence-electron chi connectivity index (χ3n) is 6.37. The molecule has 0 saturated heterocycles. The number of aromatic nitrogens is 2. The molecule has 4 rings (SSSR count). The molecule has 2 N–H and O–H groups in total. The number of hydrogen-bond donors (Lipinski definition) is 2. The molecule has 214 valence electrons. The van der Waals surface area contributed by atoms with Crippen LogP contribution in [0.4, 0.5) is 16.3 Å². The van der Waals surface area contributed by atoms with Gasteiger partial charge in [0.2, 0.25) is 5.91 Å². The summed E-state index contributed by atoms with van der Waals surface area (Å²) in [4.78, 5) is 28.1. The molecule has 10 nitrogen and oxygen atoms in total. The Labute approximate surface area is 239 Å². The number of ether oxygens (including phenoxy) is 3. The van der Waals surface area contributed by atoms with Crippen LogP contribution < -0.4 is 24.8 Å². The van der Waals surface area contributed by atoms with Crippen molar-refractivity contribution in [2.24, 2.45) is 0 Å². The van der Waals surface area contributed by atoms with Gasteiger partial charge in [-0.25, -0.2) is 9.48 Å². The number of carbonyl (C=O) groups is 2. The van der Waals surface area contributed by atoms with Crippen LogP contribution in [0, 0.1) is 0 Å². The predicted octanol–water partition coefficient (Wildman–Crippen LogP) is 5.84. The zero-order valence-corrected chi connectivity index (χ0v) is 23.7. The Morgan fingerprint density at radius 1 is 0.829 bits per heavy atom. The first-order valence-corrected chi connectivity index (χ1v) is 13.3. The summed E-state index contributed by atoms with van der Waals surface area (Å²) >= 11 is 0. The highest BCUT2D eigenvalue weighted by molar-refractivity contribution is 5.97. The number of nitrogens with one attached hydrogen (secondary N) is 2. The van der Waals surface area contributed by atoms with E-state index in [1.165, 1.54) is 19.1 Å². The van der Waals surface area contributed by atoms with Gasteiger partial charge < -0.3 is 29.7 Å². The molecule has 0 fully saturated rings. The van der Waals surface area contributed by atoms with Crippen LogP contribution in [-0.2, 0) is 4.79 Å². The molecule has 0 aliphatic carbocycles. The first-order chi connectivity index (χ1) is 19.9. The third kappa shape index (κ3) is 7.57. The summed E-state index contributed by atoms with van der Waals surface area (Å²) in [5.41, 5.74) is 2.85. The molecular formula is C31H35N5O5. The van der Waals surface area contributed by atoms with Crippen molar-refractivity contribution < 1.29 is 23.8 Å². The molecule has 0 saturated carbocycles. The third-order valence-corrected chi connectivity index (χ3v) is 6.37. The number of methoxy groups -OCH3 is 3. The summed E-state index contributed by atoms with van der Waals surface area (Å²) in [7, 11) is 4.68. The number of carbonyl (C=O) groups excluding carboxylic acids is 2. The molecule has 3 aromatic carbocycles. The minimum atomic E-state index is -0.405. The standard InChI is InChI=1S/C31H35N5O5/c1-5-6-16-35(31(38)32-23-17-26(40-3)19-27(18-23)41-4)21-30(37)33-29-20-28(22-10-8-7-9-11-22)34-36(29)24-12-14-25(39-2)15-13-24/h7-15,17-20H,5-6,16,21H2,1-4H3,(H,32,38)(H,33,37). The van der Waals surface area contributed by atoms with Crippen LogP contribution in [0.5, 0.6) is 17.2 Å². The molecule has 0 unspecified atom stereocenters. The van der Waals surface area contributed by atoms with E-state index in [9.17, 15) is 9.59 Å². The van der Waals surface area contributed by atoms with Crippen LogP contribution in [0.3, 0.4) is 0 Å². The molecule has 0 aliphatic rings. The zero-order chi connectivity index (χ0) is 29.2. The Kier molecular flexibility index (Phi) is 9.82. The largest absolute Gasteiger partial charge is 0.497 e. The summed E-state index contributed by atoms with van der Waals surface area (Å²) < 4.78 is 17.6. The highest BCUT2D eigenvalue weighted by Gasteiger charge is 2.20. The minimum Gasteiger partial charge on any atom is -0.497 e. The van der Waals surface area contributed by atoms with E-state index in [1.54, 1.807) is 30.0 Å². The number of amides is 3. The number of unbranched alkanes of at least 4 members (excludes halogenated alkanes) is 1. The molecule has 4 aromatic rings. The van der Waals surface area contributed by atoms with E-state index in [4.69, 9.17) is 19.3 Å². The van der Waals surface area contributed by atoms with E-state index in [0.717, 1.165) is 24.1 Å². The van der Waals surface area contributed by atoms with Gasteiger partial charge in [-0.1, -0.05) is 43.7 Å². The van der Waals surface area contributed by atoms with Gasteiger partial charge in [0.1, 0.15) is 29.6 Å². The lowest BCUT2D eigenvalue weighted by Gasteiger charge is -2.23. The number of rotatable bonds is 12. The van der Waals surface area contributed by atoms with Gasteiger partial charge >= 0.3 is 6.03 Å². The molecule has 41 heavy (non-hydrogen) atoms. The second kappa shape index (κ2) is 13.9. The highest BCUT2D eigenvalue weighted by atomic mass is 16.5. The number of urea groups is 1. The van der Waals surface area contributed by atoms with Gasteiger partial charge in [-0.2, -0.15) is 5.10 Å². The van der Waals surface area contributed by atoms with Crippen LogP contribution in [0.2, 0.25) is 0 Å². The van der Waals surface area contributed by atoms with Crippen LogP contribution in [0.25, 0.3) is 16.9 Å². The maximum atomic E-state index is 13.3. The lowest BCUT2D eigenvalue weighted by molar-refractivity contribution is -0.116. The van der Waals surface area contributed by atoms with Crippen molar-refractivity contribution in [2.45, 2.75) is 19.8 Å². The van der Waals surface area contributed by atoms with Gasteiger partial charge in [0.05, 0.1) is 32.7 Å². The average Bonchev–Trinajstić information content (AvgIpc) is 3.42. The first kappa shape index (κ1) is 29.0. The Morgan fingerprint density at radius 2 is 1.49 bits per heavy atom. The molecule has 0 bridgehead atoms. The monoisotopic (exact) mass is 557 g/mol. The van der Waals surface area contributed by atoms with Crippen molar-refractivity contribution >= 4 is 23.4 Å². The Balaban J connectivity index is 1.56. The predicted molar refractivity (Wildman–Crippen MR) is 159 cm³/mol. The van der Waals surface area contributed by atoms with Crippen LogP contribution in [-0.4, -0.2) is 61.0 Å². The molecule has 0 radical (unpaired) electrons. The van der Waals surface area contributed by atoms with Gasteiger partial charge in [0, 0.05) is 42.1 Å². The van der Waals surface area contributed by atoms with E-state index >= 15 is 0 Å². The van der Waals surface area contributed by atoms with Crippen LogP contribution >= 0.6 is 0 Å². The van der Waals surface area contributed by atoms with Gasteiger partial charge in [-0.15, -0.1) is 0 Å². The van der Waals surface area contributed by atoms with Crippen LogP contribution in [0.15, 0.2) is 78.9 Å². The molecule has 3 amide bonds. The first-order valence-electron chi connectivity index (χ1n) is 13.3. The molecule has 0 atom stereocenters. The summed E-state index contributed by atoms with van der Waals surface area (Å²) in [6.07, 6.45) is 1.60. The van der Waals surface area contributed by atoms with E-state index in [-0.39, 0.29) is 12.5 Å². The lowest BCUT2D eigenvalue weighted by atomic mass is 10.1. The number of nitrogens with zero attached hydrogens (tertiary/aromatic N) is 3. The quantitative estimate of drug-likeness (QED) is 0.227. The average molecular weight is 558 g/mol. The fraction of sp³-hybridized carbons (Fsp3) is 0.258. The highest BCUT2D eigenvalue weighted by Crippen LogP contribution is 2.27. The smallest absolute Gasteiger partial charge is 0.322 e. The number of hydrogen-bond acceptors (Lipinski definition) is 6. The molecule has 0 aliphatic heterocycles. The van der Waals surface area contributed by atoms with E-state index in [2.05, 4.69) is 10.6 Å². The summed E-state index contributed by atoms with van der Waals surface area (Å²) in [5, 5.41) is 10.6. The fourth-order valence-corrected chi connectivity index (χ4v) is 4.18. The Hall–Kier alpha value is -4.99. The van der Waals surface area contributed by atoms with E-state index in [1.807, 2.05) is 67.6 Å². The molecule has 10 heteroatoms. The van der Waals surface area contributed by atoms with Gasteiger partial charge in [-0.05, 0) is 30.7 Å². The summed E-state index contributed by atoms with van der Waals surface area (Å²) in [5.74, 6) is 1.92. The molecular weight excluding hydrogens is 522 g/mol. The second-order valence-corrected chi connectivity index (χ2v) is 9.25. The Bertz CT molecular complexity index is 1430. The topological polar surface area (TPSA) is 107 Å². The van der Waals surface area contributed by atoms with Crippen molar-refractivity contribution in [3.63, 3.8) is 0 Å². The van der Waals surface area contributed by atoms with Crippen molar-refractivity contribution in [3.05, 3.63) is 78.9 Å². The van der Waals surface area contributed by atoms with Crippen LogP contribution in [0.1, 0.15) is 19.8 Å². The summed E-state index contributed by atoms with van der Waals surface area (Å²) in [6.45, 7) is 2.28. The minimum absolute atomic E-state index is 0.151. The van der Waals surface area contributed by atoms with Gasteiger partial charge in [-0.3, -0.25) is 4.79 Å². The number of anilines is 2. The SMILES string of the molecule is CCCCN(CC(=O)Nc1cc(-c2ccccc2)nn1-c1ccc(OC)cc1)C(=O)Nc1cc(OC)cc(OC)c1. The molecule has 1 heterocycles. The summed E-state index contributed by atoms with van der Waals surface area (Å²) in [6, 6.07) is 23.6. The van der Waals surface area contributed by atoms with Crippen molar-refractivity contribution in [1.29, 1.82) is 0 Å². The number of benzene rings is 3. The van der Waals surface area contributed by atoms with E-state index < -0.39 is 6.03 Å². The van der Waals surface area contributed by atoms with Crippen molar-refractivity contribution in [1.82, 2.24) is 14.7 Å². The van der Waals surface area contributed by atoms with E-state index in [0.29, 0.717) is 41.0 Å². The maximum Gasteiger partial charge on any atom is 0.322 e.